The molecule has 1 aliphatic rings. The highest BCUT2D eigenvalue weighted by atomic mass is 79.9. The first-order valence-electron chi connectivity index (χ1n) is 8.99. The molecule has 148 valence electrons. The molecule has 0 aliphatic carbocycles. The highest BCUT2D eigenvalue weighted by Crippen LogP contribution is 2.53. The number of ether oxygens (including phenoxy) is 1. The number of thiophene rings is 1. The Bertz CT molecular complexity index is 1190. The maximum Gasteiger partial charge on any atom is 0.244 e. The van der Waals surface area contributed by atoms with E-state index in [1.165, 1.54) is 11.3 Å². The molecule has 4 rings (SSSR count). The second kappa shape index (κ2) is 7.21. The first-order valence-corrected chi connectivity index (χ1v) is 11.0. The number of fused-ring (bicyclic) bond motifs is 1. The van der Waals surface area contributed by atoms with Gasteiger partial charge in [0.15, 0.2) is 0 Å². The number of benzene rings is 1. The lowest BCUT2D eigenvalue weighted by Crippen LogP contribution is -2.41. The van der Waals surface area contributed by atoms with Gasteiger partial charge in [-0.3, -0.25) is 5.10 Å². The number of nitrogens with two attached hydrogens (primary N) is 1. The van der Waals surface area contributed by atoms with Gasteiger partial charge in [0.05, 0.1) is 15.3 Å². The van der Waals surface area contributed by atoms with Gasteiger partial charge in [0, 0.05) is 15.0 Å². The minimum absolute atomic E-state index is 0.00345. The lowest BCUT2D eigenvalue weighted by molar-refractivity contribution is 0.323. The van der Waals surface area contributed by atoms with Crippen molar-refractivity contribution in [1.82, 2.24) is 10.2 Å². The Labute approximate surface area is 186 Å². The summed E-state index contributed by atoms with van der Waals surface area (Å²) >= 11 is 11.3. The zero-order valence-electron chi connectivity index (χ0n) is 16.0. The summed E-state index contributed by atoms with van der Waals surface area (Å²) in [5.74, 6) is 0.498. The van der Waals surface area contributed by atoms with Gasteiger partial charge in [0.1, 0.15) is 11.6 Å². The molecule has 0 saturated carbocycles. The van der Waals surface area contributed by atoms with Crippen LogP contribution in [0, 0.1) is 24.2 Å². The van der Waals surface area contributed by atoms with E-state index in [9.17, 15) is 5.26 Å². The van der Waals surface area contributed by atoms with E-state index in [4.69, 9.17) is 22.1 Å². The van der Waals surface area contributed by atoms with E-state index < -0.39 is 5.41 Å². The van der Waals surface area contributed by atoms with Crippen molar-refractivity contribution in [1.29, 1.82) is 5.26 Å². The molecule has 2 aromatic heterocycles. The number of aryl methyl sites for hydroxylation is 1. The Kier molecular flexibility index (Phi) is 4.97. The fraction of sp³-hybridized carbons (Fsp3) is 0.238. The molecule has 5 nitrogen and oxygen atoms in total. The third-order valence-corrected chi connectivity index (χ3v) is 7.08. The largest absolute Gasteiger partial charge is 0.420 e. The van der Waals surface area contributed by atoms with E-state index in [1.807, 2.05) is 31.2 Å². The van der Waals surface area contributed by atoms with Crippen LogP contribution in [-0.4, -0.2) is 10.2 Å². The van der Waals surface area contributed by atoms with Crippen molar-refractivity contribution in [2.24, 2.45) is 11.7 Å². The van der Waals surface area contributed by atoms with Crippen LogP contribution in [0.1, 0.15) is 30.7 Å². The van der Waals surface area contributed by atoms with Gasteiger partial charge in [0.2, 0.25) is 11.8 Å². The maximum atomic E-state index is 10.1. The smallest absolute Gasteiger partial charge is 0.244 e. The quantitative estimate of drug-likeness (QED) is 0.480. The molecule has 1 atom stereocenters. The fourth-order valence-electron chi connectivity index (χ4n) is 4.19. The minimum Gasteiger partial charge on any atom is -0.420 e. The van der Waals surface area contributed by atoms with Crippen LogP contribution in [0.5, 0.6) is 5.88 Å². The molecule has 0 radical (unpaired) electrons. The van der Waals surface area contributed by atoms with Crippen LogP contribution in [0.25, 0.3) is 10.4 Å². The standard InChI is InChI=1S/C21H18BrClN4OS/c1-10(2)21(15(9-24)19(25)28-20-18(21)11(3)26-27-20)13-6-12(7-14(22)8-13)16-4-5-17(23)29-16/h4-8,10H,25H2,1-3H3,(H,26,27). The summed E-state index contributed by atoms with van der Waals surface area (Å²) in [6.45, 7) is 6.09. The molecule has 0 saturated heterocycles. The van der Waals surface area contributed by atoms with Gasteiger partial charge in [-0.2, -0.15) is 5.26 Å². The molecular weight excluding hydrogens is 472 g/mol. The van der Waals surface area contributed by atoms with Crippen LogP contribution in [0.15, 0.2) is 46.3 Å². The number of nitriles is 1. The molecule has 3 heterocycles. The zero-order valence-corrected chi connectivity index (χ0v) is 19.2. The number of allylic oxidation sites excluding steroid dienone is 1. The summed E-state index contributed by atoms with van der Waals surface area (Å²) in [6.07, 6.45) is 0. The number of aromatic nitrogens is 2. The zero-order chi connectivity index (χ0) is 20.9. The van der Waals surface area contributed by atoms with Crippen molar-refractivity contribution in [3.05, 3.63) is 67.4 Å². The van der Waals surface area contributed by atoms with Crippen LogP contribution in [0.3, 0.4) is 0 Å². The lowest BCUT2D eigenvalue weighted by atomic mass is 9.61. The average Bonchev–Trinajstić information content (AvgIpc) is 3.26. The van der Waals surface area contributed by atoms with Gasteiger partial charge in [-0.15, -0.1) is 16.4 Å². The highest BCUT2D eigenvalue weighted by Gasteiger charge is 2.50. The Morgan fingerprint density at radius 2 is 2.10 bits per heavy atom. The maximum absolute atomic E-state index is 10.1. The number of halogens is 2. The summed E-state index contributed by atoms with van der Waals surface area (Å²) in [7, 11) is 0. The van der Waals surface area contributed by atoms with E-state index in [1.54, 1.807) is 0 Å². The predicted octanol–water partition coefficient (Wildman–Crippen LogP) is 5.89. The number of hydrogen-bond acceptors (Lipinski definition) is 5. The topological polar surface area (TPSA) is 87.7 Å². The first kappa shape index (κ1) is 20.0. The summed E-state index contributed by atoms with van der Waals surface area (Å²) in [5, 5.41) is 17.4. The molecule has 0 spiro atoms. The Morgan fingerprint density at radius 1 is 1.34 bits per heavy atom. The van der Waals surface area contributed by atoms with E-state index in [-0.39, 0.29) is 11.8 Å². The van der Waals surface area contributed by atoms with Crippen LogP contribution in [0.2, 0.25) is 4.34 Å². The molecule has 1 aromatic carbocycles. The predicted molar refractivity (Wildman–Crippen MR) is 119 cm³/mol. The summed E-state index contributed by atoms with van der Waals surface area (Å²) < 4.78 is 7.32. The van der Waals surface area contributed by atoms with E-state index >= 15 is 0 Å². The van der Waals surface area contributed by atoms with Crippen LogP contribution in [0.4, 0.5) is 0 Å². The van der Waals surface area contributed by atoms with Crippen molar-refractivity contribution in [2.45, 2.75) is 26.2 Å². The van der Waals surface area contributed by atoms with Crippen molar-refractivity contribution < 1.29 is 4.74 Å². The number of aromatic amines is 1. The summed E-state index contributed by atoms with van der Waals surface area (Å²) in [4.78, 5) is 1.04. The molecule has 29 heavy (non-hydrogen) atoms. The van der Waals surface area contributed by atoms with Crippen molar-refractivity contribution >= 4 is 38.9 Å². The third-order valence-electron chi connectivity index (χ3n) is 5.34. The number of rotatable bonds is 3. The van der Waals surface area contributed by atoms with Gasteiger partial charge in [-0.05, 0) is 54.3 Å². The Balaban J connectivity index is 2.08. The van der Waals surface area contributed by atoms with Crippen LogP contribution >= 0.6 is 38.9 Å². The van der Waals surface area contributed by atoms with Gasteiger partial charge >= 0.3 is 0 Å². The first-order chi connectivity index (χ1) is 13.8. The van der Waals surface area contributed by atoms with Gasteiger partial charge in [0.25, 0.3) is 0 Å². The molecule has 0 fully saturated rings. The van der Waals surface area contributed by atoms with Crippen molar-refractivity contribution in [3.8, 4) is 22.4 Å². The number of nitrogens with one attached hydrogen (secondary N) is 1. The SMILES string of the molecule is Cc1[nH]nc2c1C(c1cc(Br)cc(-c3ccc(Cl)s3)c1)(C(C)C)C(C#N)=C(N)O2. The average molecular weight is 490 g/mol. The summed E-state index contributed by atoms with van der Waals surface area (Å²) in [5.41, 5.74) is 9.43. The number of H-pyrrole nitrogens is 1. The Hall–Kier alpha value is -2.27. The van der Waals surface area contributed by atoms with Crippen LogP contribution < -0.4 is 10.5 Å². The van der Waals surface area contributed by atoms with Gasteiger partial charge in [-0.1, -0.05) is 41.4 Å². The molecular formula is C21H18BrClN4OS. The highest BCUT2D eigenvalue weighted by molar-refractivity contribution is 9.10. The molecule has 0 amide bonds. The molecule has 8 heteroatoms. The van der Waals surface area contributed by atoms with E-state index in [0.29, 0.717) is 11.5 Å². The van der Waals surface area contributed by atoms with Crippen molar-refractivity contribution in [3.63, 3.8) is 0 Å². The molecule has 1 aliphatic heterocycles. The third kappa shape index (κ3) is 2.98. The monoisotopic (exact) mass is 488 g/mol. The lowest BCUT2D eigenvalue weighted by Gasteiger charge is -2.41. The molecule has 0 bridgehead atoms. The normalized spacial score (nSPS) is 18.5. The second-order valence-corrected chi connectivity index (χ2v) is 9.91. The van der Waals surface area contributed by atoms with Gasteiger partial charge in [-0.25, -0.2) is 0 Å². The fourth-order valence-corrected chi connectivity index (χ4v) is 5.71. The second-order valence-electron chi connectivity index (χ2n) is 7.28. The number of hydrogen-bond donors (Lipinski definition) is 2. The minimum atomic E-state index is -0.802. The van der Waals surface area contributed by atoms with Crippen LogP contribution in [-0.2, 0) is 5.41 Å². The van der Waals surface area contributed by atoms with Crippen molar-refractivity contribution in [2.75, 3.05) is 0 Å². The van der Waals surface area contributed by atoms with E-state index in [2.05, 4.69) is 52.1 Å². The van der Waals surface area contributed by atoms with E-state index in [0.717, 1.165) is 36.1 Å². The summed E-state index contributed by atoms with van der Waals surface area (Å²) in [6, 6.07) is 12.4. The molecule has 3 aromatic rings. The van der Waals surface area contributed by atoms with Gasteiger partial charge < -0.3 is 10.5 Å². The Morgan fingerprint density at radius 3 is 2.72 bits per heavy atom. The molecule has 3 N–H and O–H groups in total. The number of nitrogens with zero attached hydrogens (tertiary/aromatic N) is 2. The molecule has 1 unspecified atom stereocenters.